The summed E-state index contributed by atoms with van der Waals surface area (Å²) in [6, 6.07) is 18.2. The molecule has 1 unspecified atom stereocenters. The molecule has 2 fully saturated rings. The van der Waals surface area contributed by atoms with Gasteiger partial charge >= 0.3 is 0 Å². The number of carbonyl (C=O) groups excluding carboxylic acids is 1. The Hall–Kier alpha value is -4.11. The van der Waals surface area contributed by atoms with Gasteiger partial charge < -0.3 is 25.0 Å². The molecule has 1 atom stereocenters. The number of anilines is 2. The molecule has 38 heavy (non-hydrogen) atoms. The highest BCUT2D eigenvalue weighted by molar-refractivity contribution is 5.83. The maximum atomic E-state index is 12.6. The van der Waals surface area contributed by atoms with Crippen molar-refractivity contribution in [2.45, 2.75) is 31.2 Å². The Balaban J connectivity index is 1.20. The summed E-state index contributed by atoms with van der Waals surface area (Å²) in [6.07, 6.45) is 4.65. The molecule has 196 valence electrons. The highest BCUT2D eigenvalue weighted by Crippen LogP contribution is 2.35. The van der Waals surface area contributed by atoms with E-state index in [1.807, 2.05) is 51.9 Å². The van der Waals surface area contributed by atoms with E-state index < -0.39 is 0 Å². The number of nitrogens with one attached hydrogen (secondary N) is 2. The Morgan fingerprint density at radius 3 is 2.53 bits per heavy atom. The number of benzene rings is 2. The van der Waals surface area contributed by atoms with Crippen molar-refractivity contribution in [1.29, 1.82) is 0 Å². The number of amides is 1. The number of hydrogen-bond acceptors (Lipinski definition) is 7. The van der Waals surface area contributed by atoms with Gasteiger partial charge in [0.05, 0.1) is 43.4 Å². The van der Waals surface area contributed by atoms with Gasteiger partial charge in [0.25, 0.3) is 0 Å². The lowest BCUT2D eigenvalue weighted by atomic mass is 9.88. The second-order valence-electron chi connectivity index (χ2n) is 9.82. The lowest BCUT2D eigenvalue weighted by Gasteiger charge is -2.37. The highest BCUT2D eigenvalue weighted by atomic mass is 16.5. The third-order valence-corrected chi connectivity index (χ3v) is 7.65. The van der Waals surface area contributed by atoms with Crippen molar-refractivity contribution in [3.05, 3.63) is 66.4 Å². The number of hydrogen-bond donors (Lipinski definition) is 2. The summed E-state index contributed by atoms with van der Waals surface area (Å²) in [5, 5.41) is 11.3. The van der Waals surface area contributed by atoms with Gasteiger partial charge in [-0.3, -0.25) is 4.79 Å². The quantitative estimate of drug-likeness (QED) is 0.383. The first-order valence-corrected chi connectivity index (χ1v) is 13.1. The van der Waals surface area contributed by atoms with Gasteiger partial charge in [0.15, 0.2) is 0 Å². The van der Waals surface area contributed by atoms with Crippen molar-refractivity contribution in [1.82, 2.24) is 24.8 Å². The third kappa shape index (κ3) is 4.54. The van der Waals surface area contributed by atoms with Crippen molar-refractivity contribution in [3.63, 3.8) is 0 Å². The summed E-state index contributed by atoms with van der Waals surface area (Å²) in [4.78, 5) is 19.1. The average Bonchev–Trinajstić information content (AvgIpc) is 3.35. The molecular weight excluding hydrogens is 480 g/mol. The van der Waals surface area contributed by atoms with Crippen LogP contribution in [-0.2, 0) is 4.79 Å². The summed E-state index contributed by atoms with van der Waals surface area (Å²) < 4.78 is 13.2. The van der Waals surface area contributed by atoms with Gasteiger partial charge in [-0.15, -0.1) is 5.10 Å². The van der Waals surface area contributed by atoms with Crippen molar-refractivity contribution in [2.24, 2.45) is 0 Å². The monoisotopic (exact) mass is 512 g/mol. The van der Waals surface area contributed by atoms with Gasteiger partial charge in [0.1, 0.15) is 11.5 Å². The van der Waals surface area contributed by atoms with Gasteiger partial charge in [0, 0.05) is 18.7 Å². The van der Waals surface area contributed by atoms with Gasteiger partial charge in [0.2, 0.25) is 11.9 Å². The second-order valence-corrected chi connectivity index (χ2v) is 9.82. The van der Waals surface area contributed by atoms with E-state index in [9.17, 15) is 4.79 Å². The number of nitrogens with zero attached hydrogens (tertiary/aromatic N) is 4. The summed E-state index contributed by atoms with van der Waals surface area (Å²) in [5.74, 6) is 2.63. The number of para-hydroxylation sites is 1. The summed E-state index contributed by atoms with van der Waals surface area (Å²) in [6.45, 7) is 2.53. The Kier molecular flexibility index (Phi) is 6.59. The second kappa shape index (κ2) is 10.3. The smallest absolute Gasteiger partial charge is 0.245 e. The van der Waals surface area contributed by atoms with Crippen LogP contribution in [0.25, 0.3) is 16.8 Å². The van der Waals surface area contributed by atoms with E-state index in [1.54, 1.807) is 20.4 Å². The number of methoxy groups -OCH3 is 2. The molecule has 0 bridgehead atoms. The van der Waals surface area contributed by atoms with Crippen LogP contribution in [0.3, 0.4) is 0 Å². The summed E-state index contributed by atoms with van der Waals surface area (Å²) >= 11 is 0. The van der Waals surface area contributed by atoms with E-state index >= 15 is 0 Å². The fraction of sp³-hybridized carbons (Fsp3) is 0.345. The maximum absolute atomic E-state index is 12.6. The third-order valence-electron chi connectivity index (χ3n) is 7.65. The number of piperidine rings is 1. The molecule has 2 aromatic heterocycles. The SMILES string of the molecule is COc1cc(C2CCN(C(=O)C3CCN3)CC2)ccc1Nc1ncc2ccc(-c3ccccc3OC)n2n1. The molecule has 0 aliphatic carbocycles. The molecule has 2 aromatic carbocycles. The number of carbonyl (C=O) groups is 1. The normalized spacial score (nSPS) is 17.7. The predicted molar refractivity (Wildman–Crippen MR) is 146 cm³/mol. The van der Waals surface area contributed by atoms with Crippen molar-refractivity contribution < 1.29 is 14.3 Å². The first-order valence-electron chi connectivity index (χ1n) is 13.1. The molecule has 9 nitrogen and oxygen atoms in total. The van der Waals surface area contributed by atoms with Crippen LogP contribution in [0.2, 0.25) is 0 Å². The topological polar surface area (TPSA) is 93.0 Å². The summed E-state index contributed by atoms with van der Waals surface area (Å²) in [5.41, 5.74) is 4.78. The van der Waals surface area contributed by atoms with Crippen LogP contribution in [0, 0.1) is 0 Å². The van der Waals surface area contributed by atoms with Gasteiger partial charge in [-0.25, -0.2) is 9.50 Å². The molecule has 0 spiro atoms. The molecule has 4 heterocycles. The number of fused-ring (bicyclic) bond motifs is 1. The van der Waals surface area contributed by atoms with E-state index in [0.717, 1.165) is 72.9 Å². The Morgan fingerprint density at radius 2 is 1.79 bits per heavy atom. The molecule has 2 N–H and O–H groups in total. The molecular formula is C29H32N6O3. The van der Waals surface area contributed by atoms with Crippen LogP contribution in [0.15, 0.2) is 60.8 Å². The molecule has 2 aliphatic rings. The maximum Gasteiger partial charge on any atom is 0.245 e. The Labute approximate surface area is 221 Å². The average molecular weight is 513 g/mol. The van der Waals surface area contributed by atoms with Gasteiger partial charge in [-0.05, 0) is 73.7 Å². The van der Waals surface area contributed by atoms with Crippen LogP contribution >= 0.6 is 0 Å². The molecule has 0 saturated carbocycles. The molecule has 2 aliphatic heterocycles. The minimum atomic E-state index is 0.0239. The number of rotatable bonds is 7. The van der Waals surface area contributed by atoms with Crippen molar-refractivity contribution in [3.8, 4) is 22.8 Å². The van der Waals surface area contributed by atoms with E-state index in [4.69, 9.17) is 14.6 Å². The summed E-state index contributed by atoms with van der Waals surface area (Å²) in [7, 11) is 3.34. The van der Waals surface area contributed by atoms with E-state index in [0.29, 0.717) is 11.9 Å². The number of ether oxygens (including phenoxy) is 2. The molecule has 1 amide bonds. The van der Waals surface area contributed by atoms with Gasteiger partial charge in [-0.1, -0.05) is 18.2 Å². The minimum absolute atomic E-state index is 0.0239. The largest absolute Gasteiger partial charge is 0.496 e. The fourth-order valence-corrected chi connectivity index (χ4v) is 5.36. The number of likely N-dealkylation sites (tertiary alicyclic amines) is 1. The first kappa shape index (κ1) is 24.2. The fourth-order valence-electron chi connectivity index (χ4n) is 5.36. The van der Waals surface area contributed by atoms with Crippen molar-refractivity contribution in [2.75, 3.05) is 39.2 Å². The molecule has 0 radical (unpaired) electrons. The Bertz CT molecular complexity index is 1460. The van der Waals surface area contributed by atoms with Crippen LogP contribution in [0.5, 0.6) is 11.5 Å². The lowest BCUT2D eigenvalue weighted by molar-refractivity contribution is -0.136. The van der Waals surface area contributed by atoms with Crippen LogP contribution in [0.4, 0.5) is 11.6 Å². The zero-order valence-corrected chi connectivity index (χ0v) is 21.7. The molecule has 2 saturated heterocycles. The zero-order valence-electron chi connectivity index (χ0n) is 21.7. The molecule has 9 heteroatoms. The molecule has 6 rings (SSSR count). The predicted octanol–water partition coefficient (Wildman–Crippen LogP) is 4.23. The lowest BCUT2D eigenvalue weighted by Crippen LogP contribution is -2.55. The van der Waals surface area contributed by atoms with Gasteiger partial charge in [-0.2, -0.15) is 0 Å². The minimum Gasteiger partial charge on any atom is -0.496 e. The van der Waals surface area contributed by atoms with Crippen molar-refractivity contribution >= 4 is 23.1 Å². The zero-order chi connectivity index (χ0) is 26.1. The highest BCUT2D eigenvalue weighted by Gasteiger charge is 2.31. The number of aromatic nitrogens is 3. The van der Waals surface area contributed by atoms with Crippen LogP contribution < -0.4 is 20.1 Å². The Morgan fingerprint density at radius 1 is 1.00 bits per heavy atom. The first-order chi connectivity index (χ1) is 18.6. The van der Waals surface area contributed by atoms with Crippen LogP contribution in [-0.4, -0.2) is 65.3 Å². The standard InChI is InChI=1S/C29H32N6O3/c1-37-26-6-4-3-5-22(26)25-10-8-21-18-31-29(33-35(21)25)32-23-9-7-20(17-27(23)38-2)19-12-15-34(16-13-19)28(36)24-11-14-30-24/h3-10,17-19,24,30H,11-16H2,1-2H3,(H,32,33). The van der Waals surface area contributed by atoms with Crippen LogP contribution in [0.1, 0.15) is 30.7 Å². The van der Waals surface area contributed by atoms with E-state index in [-0.39, 0.29) is 11.9 Å². The molecule has 4 aromatic rings. The van der Waals surface area contributed by atoms with E-state index in [2.05, 4.69) is 27.8 Å². The van der Waals surface area contributed by atoms with E-state index in [1.165, 1.54) is 5.56 Å².